The predicted molar refractivity (Wildman–Crippen MR) is 243 cm³/mol. The van der Waals surface area contributed by atoms with Gasteiger partial charge in [-0.3, -0.25) is 29.5 Å². The van der Waals surface area contributed by atoms with Gasteiger partial charge in [0, 0.05) is 58.7 Å². The number of rotatable bonds is 27. The minimum Gasteiger partial charge on any atom is -0.475 e. The average molecular weight is 960 g/mol. The molecule has 0 spiro atoms. The second-order valence-corrected chi connectivity index (χ2v) is 14.4. The Labute approximate surface area is 390 Å². The Kier molecular flexibility index (Phi) is 27.1. The van der Waals surface area contributed by atoms with Gasteiger partial charge in [0.15, 0.2) is 5.96 Å². The summed E-state index contributed by atoms with van der Waals surface area (Å²) in [6.45, 7) is 3.13. The number of aliphatic imine (C=N–C) groups is 1. The van der Waals surface area contributed by atoms with Gasteiger partial charge in [-0.15, -0.1) is 0 Å². The van der Waals surface area contributed by atoms with Gasteiger partial charge in [0.25, 0.3) is 0 Å². The van der Waals surface area contributed by atoms with Gasteiger partial charge in [-0.05, 0) is 35.1 Å². The number of nitrogens with two attached hydrogens (primary N) is 3. The average Bonchev–Trinajstić information content (AvgIpc) is 3.31. The number of hydrogen-bond donors (Lipinski definition) is 11. The van der Waals surface area contributed by atoms with E-state index in [1.807, 2.05) is 84.9 Å². The number of aliphatic carboxylic acids is 1. The molecule has 14 N–H and O–H groups in total. The van der Waals surface area contributed by atoms with Crippen molar-refractivity contribution in [3.05, 3.63) is 107 Å². The number of nitrogens with zero attached hydrogens (tertiary/aromatic N) is 1. The molecule has 21 nitrogen and oxygen atoms in total. The normalized spacial score (nSPS) is 11.5. The first-order chi connectivity index (χ1) is 32.5. The number of ether oxygens (including phenoxy) is 2. The van der Waals surface area contributed by atoms with Gasteiger partial charge < -0.3 is 63.7 Å². The van der Waals surface area contributed by atoms with Gasteiger partial charge in [0.1, 0.15) is 6.04 Å². The molecule has 1 atom stereocenters. The molecule has 3 aromatic carbocycles. The summed E-state index contributed by atoms with van der Waals surface area (Å²) in [5, 5.41) is 25.8. The number of hydrogen-bond acceptors (Lipinski definition) is 11. The molecule has 372 valence electrons. The van der Waals surface area contributed by atoms with Crippen LogP contribution in [0.15, 0.2) is 89.9 Å². The van der Waals surface area contributed by atoms with E-state index in [9.17, 15) is 41.9 Å². The Bertz CT molecular complexity index is 2010. The first-order valence-electron chi connectivity index (χ1n) is 21.3. The lowest BCUT2D eigenvalue weighted by Crippen LogP contribution is -2.48. The number of carboxylic acid groups (broad SMARTS) is 1. The van der Waals surface area contributed by atoms with Gasteiger partial charge in [-0.2, -0.15) is 13.2 Å². The highest BCUT2D eigenvalue weighted by Crippen LogP contribution is 2.25. The maximum atomic E-state index is 13.9. The van der Waals surface area contributed by atoms with Gasteiger partial charge >= 0.3 is 24.2 Å². The van der Waals surface area contributed by atoms with E-state index < -0.39 is 42.1 Å². The highest BCUT2D eigenvalue weighted by atomic mass is 19.4. The third-order valence-corrected chi connectivity index (χ3v) is 9.05. The number of amides is 8. The molecule has 0 saturated carbocycles. The van der Waals surface area contributed by atoms with Gasteiger partial charge in [-0.1, -0.05) is 84.9 Å². The number of urea groups is 2. The fourth-order valence-electron chi connectivity index (χ4n) is 5.73. The van der Waals surface area contributed by atoms with Crippen LogP contribution < -0.4 is 54.4 Å². The molecule has 8 amide bonds. The summed E-state index contributed by atoms with van der Waals surface area (Å²) in [5.74, 6) is -4.99. The number of carboxylic acids is 1. The first kappa shape index (κ1) is 56.8. The minimum absolute atomic E-state index is 0.000470. The highest BCUT2D eigenvalue weighted by molar-refractivity contribution is 5.95. The molecule has 0 bridgehead atoms. The Morgan fingerprint density at radius 2 is 1.15 bits per heavy atom. The van der Waals surface area contributed by atoms with E-state index in [0.29, 0.717) is 45.9 Å². The van der Waals surface area contributed by atoms with Crippen LogP contribution in [-0.4, -0.2) is 124 Å². The fraction of sp³-hybridized carbons (Fsp3) is 0.409. The Hall–Kier alpha value is -7.31. The van der Waals surface area contributed by atoms with E-state index in [1.54, 1.807) is 0 Å². The topological polar surface area (TPSA) is 333 Å². The summed E-state index contributed by atoms with van der Waals surface area (Å²) in [6.07, 6.45) is -4.57. The molecule has 0 aliphatic heterocycles. The van der Waals surface area contributed by atoms with Crippen molar-refractivity contribution in [1.82, 2.24) is 37.2 Å². The maximum absolute atomic E-state index is 13.9. The lowest BCUT2D eigenvalue weighted by Gasteiger charge is -2.23. The van der Waals surface area contributed by atoms with E-state index in [1.165, 1.54) is 0 Å². The van der Waals surface area contributed by atoms with Crippen LogP contribution in [0, 0.1) is 0 Å². The third-order valence-electron chi connectivity index (χ3n) is 9.05. The molecule has 0 aliphatic rings. The number of halogens is 3. The zero-order chi connectivity index (χ0) is 50.2. The standard InChI is InChI=1S/C42H59N11O8.C2HF3O2/c43-19-24-60-26-27-61-25-23-47-36(55)18-17-35(54)46-21-22-49-42(59)53-40(44)48-20-7-12-34(38(56)50-28-30-13-15-31(16-14-30)29-51-41(45)58)52-39(57)37(32-8-3-1-4-9-32)33-10-5-2-6-11-33;3-2(4,5)1(6)7/h1-6,8-11,13-16,34,37H,7,12,17-29,43H2,(H,46,54)(H,47,55)(H,50,56)(H,52,57)(H3,45,51,58)(H4,44,48,49,53,59);(H,6,7)/t34-;/m1./s1. The van der Waals surface area contributed by atoms with Crippen molar-refractivity contribution in [2.24, 2.45) is 22.2 Å². The predicted octanol–water partition coefficient (Wildman–Crippen LogP) is 0.820. The van der Waals surface area contributed by atoms with E-state index >= 15 is 0 Å². The molecule has 3 aromatic rings. The first-order valence-corrected chi connectivity index (χ1v) is 21.3. The molecular formula is C44H60F3N11O10. The molecule has 0 saturated heterocycles. The van der Waals surface area contributed by atoms with Crippen molar-refractivity contribution in [2.75, 3.05) is 59.2 Å². The number of nitrogens with one attached hydrogen (secondary N) is 7. The molecule has 24 heteroatoms. The molecule has 0 aromatic heterocycles. The van der Waals surface area contributed by atoms with Crippen LogP contribution in [0.25, 0.3) is 0 Å². The van der Waals surface area contributed by atoms with E-state index in [4.69, 9.17) is 36.6 Å². The lowest BCUT2D eigenvalue weighted by molar-refractivity contribution is -0.192. The highest BCUT2D eigenvalue weighted by Gasteiger charge is 2.38. The zero-order valence-corrected chi connectivity index (χ0v) is 37.3. The van der Waals surface area contributed by atoms with Crippen LogP contribution in [0.5, 0.6) is 0 Å². The third kappa shape index (κ3) is 25.4. The van der Waals surface area contributed by atoms with Gasteiger partial charge in [-0.25, -0.2) is 14.4 Å². The van der Waals surface area contributed by atoms with Crippen molar-refractivity contribution < 1.29 is 61.3 Å². The smallest absolute Gasteiger partial charge is 0.475 e. The van der Waals surface area contributed by atoms with Crippen LogP contribution in [0.2, 0.25) is 0 Å². The Morgan fingerprint density at radius 1 is 0.647 bits per heavy atom. The number of primary amides is 1. The molecule has 0 heterocycles. The van der Waals surface area contributed by atoms with Crippen LogP contribution in [-0.2, 0) is 46.5 Å². The van der Waals surface area contributed by atoms with Crippen molar-refractivity contribution in [2.45, 2.75) is 56.9 Å². The second-order valence-electron chi connectivity index (χ2n) is 14.4. The van der Waals surface area contributed by atoms with E-state index in [-0.39, 0.29) is 75.7 Å². The molecule has 0 radical (unpaired) electrons. The number of alkyl halides is 3. The Morgan fingerprint density at radius 3 is 1.66 bits per heavy atom. The van der Waals surface area contributed by atoms with E-state index in [2.05, 4.69) is 42.2 Å². The summed E-state index contributed by atoms with van der Waals surface area (Å²) < 4.78 is 42.3. The van der Waals surface area contributed by atoms with Crippen molar-refractivity contribution in [1.29, 1.82) is 0 Å². The minimum atomic E-state index is -5.08. The monoisotopic (exact) mass is 959 g/mol. The number of guanidine groups is 1. The van der Waals surface area contributed by atoms with Gasteiger partial charge in [0.2, 0.25) is 23.6 Å². The number of benzene rings is 3. The number of carbonyl (C=O) groups is 7. The molecule has 68 heavy (non-hydrogen) atoms. The molecule has 3 rings (SSSR count). The fourth-order valence-corrected chi connectivity index (χ4v) is 5.73. The molecule has 0 fully saturated rings. The summed E-state index contributed by atoms with van der Waals surface area (Å²) in [4.78, 5) is 88.1. The molecule has 0 aliphatic carbocycles. The summed E-state index contributed by atoms with van der Waals surface area (Å²) in [5.41, 5.74) is 19.6. The summed E-state index contributed by atoms with van der Waals surface area (Å²) in [7, 11) is 0. The van der Waals surface area contributed by atoms with Crippen molar-refractivity contribution in [3.8, 4) is 0 Å². The largest absolute Gasteiger partial charge is 0.490 e. The zero-order valence-electron chi connectivity index (χ0n) is 37.3. The second kappa shape index (κ2) is 32.4. The SMILES string of the molecule is NCCOCCOCCNC(=O)CCC(=O)NCCNC(=O)NC(N)=NCCC[C@@H](NC(=O)C(c1ccccc1)c1ccccc1)C(=O)NCc1ccc(CNC(N)=O)cc1.O=C(O)C(F)(F)F. The van der Waals surface area contributed by atoms with Gasteiger partial charge in [0.05, 0.1) is 32.3 Å². The van der Waals surface area contributed by atoms with Crippen LogP contribution in [0.3, 0.4) is 0 Å². The molecule has 0 unspecified atom stereocenters. The summed E-state index contributed by atoms with van der Waals surface area (Å²) >= 11 is 0. The quantitative estimate of drug-likeness (QED) is 0.0288. The lowest BCUT2D eigenvalue weighted by atomic mass is 9.90. The van der Waals surface area contributed by atoms with Crippen LogP contribution >= 0.6 is 0 Å². The van der Waals surface area contributed by atoms with Crippen LogP contribution in [0.4, 0.5) is 22.8 Å². The van der Waals surface area contributed by atoms with Crippen molar-refractivity contribution in [3.63, 3.8) is 0 Å². The van der Waals surface area contributed by atoms with Crippen molar-refractivity contribution >= 4 is 47.6 Å². The van der Waals surface area contributed by atoms with Crippen LogP contribution in [0.1, 0.15) is 53.9 Å². The van der Waals surface area contributed by atoms with E-state index in [0.717, 1.165) is 22.3 Å². The number of carbonyl (C=O) groups excluding carboxylic acids is 6. The Balaban J connectivity index is 0.00000209. The maximum Gasteiger partial charge on any atom is 0.490 e. The molecular weight excluding hydrogens is 900 g/mol. The summed E-state index contributed by atoms with van der Waals surface area (Å²) in [6, 6.07) is 23.6.